The molecule has 0 aliphatic heterocycles. The van der Waals surface area contributed by atoms with Crippen molar-refractivity contribution < 1.29 is 4.79 Å². The van der Waals surface area contributed by atoms with E-state index < -0.39 is 0 Å². The Morgan fingerprint density at radius 2 is 1.70 bits per heavy atom. The molecule has 0 spiro atoms. The van der Waals surface area contributed by atoms with Crippen LogP contribution in [0.3, 0.4) is 0 Å². The molecule has 0 fully saturated rings. The molecule has 1 amide bonds. The van der Waals surface area contributed by atoms with E-state index in [2.05, 4.69) is 46.9 Å². The molecule has 7 nitrogen and oxygen atoms in total. The molecule has 0 aliphatic carbocycles. The molecule has 0 saturated carbocycles. The first kappa shape index (κ1) is 24.0. The topological polar surface area (TPSA) is 74.6 Å². The summed E-state index contributed by atoms with van der Waals surface area (Å²) in [6.45, 7) is 10.2. The van der Waals surface area contributed by atoms with Crippen molar-refractivity contribution in [2.24, 2.45) is 4.99 Å². The van der Waals surface area contributed by atoms with Gasteiger partial charge in [-0.2, -0.15) is 5.10 Å². The highest BCUT2D eigenvalue weighted by Crippen LogP contribution is 2.11. The largest absolute Gasteiger partial charge is 0.357 e. The first-order valence-electron chi connectivity index (χ1n) is 11.6. The Bertz CT molecular complexity index is 1020. The van der Waals surface area contributed by atoms with Crippen LogP contribution in [0.25, 0.3) is 0 Å². The highest BCUT2D eigenvalue weighted by Gasteiger charge is 2.12. The maximum absolute atomic E-state index is 12.5. The molecule has 1 aromatic heterocycles. The van der Waals surface area contributed by atoms with Crippen molar-refractivity contribution in [3.63, 3.8) is 0 Å². The average Bonchev–Trinajstić information content (AvgIpc) is 3.36. The smallest absolute Gasteiger partial charge is 0.253 e. The van der Waals surface area contributed by atoms with E-state index in [9.17, 15) is 4.79 Å². The van der Waals surface area contributed by atoms with E-state index >= 15 is 0 Å². The lowest BCUT2D eigenvalue weighted by molar-refractivity contribution is 0.0773. The molecule has 0 radical (unpaired) electrons. The maximum Gasteiger partial charge on any atom is 0.253 e. The third kappa shape index (κ3) is 6.94. The van der Waals surface area contributed by atoms with Crippen molar-refractivity contribution in [2.75, 3.05) is 19.6 Å². The van der Waals surface area contributed by atoms with Gasteiger partial charge in [-0.15, -0.1) is 0 Å². The normalized spacial score (nSPS) is 11.3. The van der Waals surface area contributed by atoms with E-state index in [-0.39, 0.29) is 5.91 Å². The summed E-state index contributed by atoms with van der Waals surface area (Å²) in [5.41, 5.74) is 4.20. The second-order valence-electron chi connectivity index (χ2n) is 7.70. The molecular weight excluding hydrogens is 412 g/mol. The third-order valence-corrected chi connectivity index (χ3v) is 5.47. The lowest BCUT2D eigenvalue weighted by atomic mass is 10.1. The molecular formula is C26H34N6O. The Kier molecular flexibility index (Phi) is 9.06. The number of carbonyl (C=O) groups is 1. The molecule has 0 aliphatic rings. The fourth-order valence-electron chi connectivity index (χ4n) is 3.59. The number of hydrogen-bond donors (Lipinski definition) is 2. The zero-order chi connectivity index (χ0) is 23.5. The zero-order valence-electron chi connectivity index (χ0n) is 19.8. The summed E-state index contributed by atoms with van der Waals surface area (Å²) in [5.74, 6) is 0.827. The van der Waals surface area contributed by atoms with Crippen LogP contribution in [-0.4, -0.2) is 46.2 Å². The number of carbonyl (C=O) groups excluding carboxylic acids is 1. The second-order valence-corrected chi connectivity index (χ2v) is 7.70. The van der Waals surface area contributed by atoms with E-state index in [0.717, 1.165) is 24.6 Å². The highest BCUT2D eigenvalue weighted by atomic mass is 16.2. The summed E-state index contributed by atoms with van der Waals surface area (Å²) in [7, 11) is 0. The van der Waals surface area contributed by atoms with Crippen molar-refractivity contribution >= 4 is 11.9 Å². The van der Waals surface area contributed by atoms with E-state index in [0.29, 0.717) is 31.7 Å². The second kappa shape index (κ2) is 12.4. The third-order valence-electron chi connectivity index (χ3n) is 5.47. The molecule has 2 aromatic carbocycles. The lowest BCUT2D eigenvalue weighted by Crippen LogP contribution is -2.37. The number of aromatic nitrogens is 2. The van der Waals surface area contributed by atoms with Crippen molar-refractivity contribution in [1.29, 1.82) is 0 Å². The molecule has 0 saturated heterocycles. The van der Waals surface area contributed by atoms with Crippen molar-refractivity contribution in [1.82, 2.24) is 25.3 Å². The standard InChI is InChI=1S/C26H34N6O/c1-4-27-26(28-18-21-12-14-22(15-13-21)25(33)31(5-2)6-3)29-19-23-10-7-8-11-24(23)20-32-17-9-16-30-32/h7-17H,4-6,18-20H2,1-3H3,(H2,27,28,29). The summed E-state index contributed by atoms with van der Waals surface area (Å²) in [4.78, 5) is 19.0. The Labute approximate surface area is 196 Å². The number of guanidine groups is 1. The van der Waals surface area contributed by atoms with Gasteiger partial charge in [-0.25, -0.2) is 4.99 Å². The first-order chi connectivity index (χ1) is 16.1. The molecule has 0 bridgehead atoms. The van der Waals surface area contributed by atoms with E-state index in [1.54, 1.807) is 6.20 Å². The molecule has 7 heteroatoms. The van der Waals surface area contributed by atoms with Crippen molar-refractivity contribution in [2.45, 2.75) is 40.4 Å². The number of rotatable bonds is 10. The summed E-state index contributed by atoms with van der Waals surface area (Å²) in [5, 5.41) is 11.1. The number of nitrogens with zero attached hydrogens (tertiary/aromatic N) is 4. The molecule has 0 unspecified atom stereocenters. The minimum absolute atomic E-state index is 0.0684. The fraction of sp³-hybridized carbons (Fsp3) is 0.346. The highest BCUT2D eigenvalue weighted by molar-refractivity contribution is 5.94. The summed E-state index contributed by atoms with van der Waals surface area (Å²) in [6.07, 6.45) is 3.76. The molecule has 1 heterocycles. The Morgan fingerprint density at radius 1 is 0.970 bits per heavy atom. The predicted molar refractivity (Wildman–Crippen MR) is 133 cm³/mol. The summed E-state index contributed by atoms with van der Waals surface area (Å²) in [6, 6.07) is 18.0. The van der Waals surface area contributed by atoms with Gasteiger partial charge >= 0.3 is 0 Å². The van der Waals surface area contributed by atoms with Crippen LogP contribution >= 0.6 is 0 Å². The van der Waals surface area contributed by atoms with E-state index in [1.807, 2.05) is 60.0 Å². The van der Waals surface area contributed by atoms with Crippen molar-refractivity contribution in [3.05, 3.63) is 89.2 Å². The van der Waals surface area contributed by atoms with Gasteiger partial charge in [0.1, 0.15) is 0 Å². The van der Waals surface area contributed by atoms with Crippen LogP contribution in [-0.2, 0) is 19.6 Å². The molecule has 3 aromatic rings. The molecule has 3 rings (SSSR count). The number of aliphatic imine (C=N–C) groups is 1. The van der Waals surface area contributed by atoms with Crippen LogP contribution in [0.2, 0.25) is 0 Å². The van der Waals surface area contributed by atoms with Gasteiger partial charge in [-0.05, 0) is 55.7 Å². The molecule has 0 atom stereocenters. The fourth-order valence-corrected chi connectivity index (χ4v) is 3.59. The van der Waals surface area contributed by atoms with Crippen LogP contribution in [0.15, 0.2) is 72.0 Å². The van der Waals surface area contributed by atoms with E-state index in [4.69, 9.17) is 4.99 Å². The minimum Gasteiger partial charge on any atom is -0.357 e. The first-order valence-corrected chi connectivity index (χ1v) is 11.6. The quantitative estimate of drug-likeness (QED) is 0.368. The van der Waals surface area contributed by atoms with Crippen LogP contribution in [0.4, 0.5) is 0 Å². The number of hydrogen-bond acceptors (Lipinski definition) is 3. The maximum atomic E-state index is 12.5. The van der Waals surface area contributed by atoms with Crippen LogP contribution in [0.1, 0.15) is 47.8 Å². The van der Waals surface area contributed by atoms with Crippen molar-refractivity contribution in [3.8, 4) is 0 Å². The molecule has 174 valence electrons. The lowest BCUT2D eigenvalue weighted by Gasteiger charge is -2.18. The van der Waals surface area contributed by atoms with Crippen LogP contribution in [0, 0.1) is 0 Å². The minimum atomic E-state index is 0.0684. The van der Waals surface area contributed by atoms with Gasteiger partial charge in [0, 0.05) is 44.1 Å². The van der Waals surface area contributed by atoms with Gasteiger partial charge in [-0.3, -0.25) is 9.48 Å². The van der Waals surface area contributed by atoms with Gasteiger partial charge < -0.3 is 15.5 Å². The summed E-state index contributed by atoms with van der Waals surface area (Å²) >= 11 is 0. The predicted octanol–water partition coefficient (Wildman–Crippen LogP) is 3.67. The Balaban J connectivity index is 1.63. The van der Waals surface area contributed by atoms with Crippen LogP contribution in [0.5, 0.6) is 0 Å². The summed E-state index contributed by atoms with van der Waals surface area (Å²) < 4.78 is 1.92. The number of amides is 1. The average molecular weight is 447 g/mol. The van der Waals surface area contributed by atoms with Crippen LogP contribution < -0.4 is 10.6 Å². The van der Waals surface area contributed by atoms with Gasteiger partial charge in [0.15, 0.2) is 5.96 Å². The van der Waals surface area contributed by atoms with Gasteiger partial charge in [0.05, 0.1) is 13.1 Å². The molecule has 33 heavy (non-hydrogen) atoms. The molecule has 2 N–H and O–H groups in total. The number of nitrogens with one attached hydrogen (secondary N) is 2. The SMILES string of the molecule is CCNC(=NCc1ccc(C(=O)N(CC)CC)cc1)NCc1ccccc1Cn1cccn1. The zero-order valence-corrected chi connectivity index (χ0v) is 19.8. The van der Waals surface area contributed by atoms with Gasteiger partial charge in [0.25, 0.3) is 5.91 Å². The van der Waals surface area contributed by atoms with E-state index in [1.165, 1.54) is 11.1 Å². The Morgan fingerprint density at radius 3 is 2.33 bits per heavy atom. The van der Waals surface area contributed by atoms with Gasteiger partial charge in [0.2, 0.25) is 0 Å². The monoisotopic (exact) mass is 446 g/mol. The Hall–Kier alpha value is -3.61. The van der Waals surface area contributed by atoms with Gasteiger partial charge in [-0.1, -0.05) is 36.4 Å². The number of benzene rings is 2.